The van der Waals surface area contributed by atoms with Crippen LogP contribution in [0.2, 0.25) is 10.0 Å². The van der Waals surface area contributed by atoms with Crippen LogP contribution in [0.15, 0.2) is 36.4 Å². The zero-order chi connectivity index (χ0) is 20.9. The summed E-state index contributed by atoms with van der Waals surface area (Å²) in [6, 6.07) is 6.45. The van der Waals surface area contributed by atoms with Crippen molar-refractivity contribution in [3.05, 3.63) is 57.6 Å². The maximum atomic E-state index is 12.8. The summed E-state index contributed by atoms with van der Waals surface area (Å²) in [6.45, 7) is 1.39. The fourth-order valence-electron chi connectivity index (χ4n) is 2.11. The number of esters is 1. The minimum absolute atomic E-state index is 0.0359. The first-order chi connectivity index (χ1) is 13.1. The lowest BCUT2D eigenvalue weighted by atomic mass is 10.1. The highest BCUT2D eigenvalue weighted by Crippen LogP contribution is 2.35. The van der Waals surface area contributed by atoms with E-state index in [0.717, 1.165) is 18.2 Å². The fraction of sp³-hybridized carbons (Fsp3) is 0.222. The molecular weight excluding hydrogens is 422 g/mol. The molecule has 10 heteroatoms. The summed E-state index contributed by atoms with van der Waals surface area (Å²) in [4.78, 5) is 23.7. The van der Waals surface area contributed by atoms with Crippen molar-refractivity contribution in [3.63, 3.8) is 0 Å². The standard InChI is InChI=1S/C18H14Cl2F3NO4/c1-2-27-16(25)9-28-15-8-14(12(19)7-13(15)20)24-17(26)10-4-3-5-11(6-10)18(21,22)23/h3-8H,2,9H2,1H3,(H,24,26). The second-order valence-corrected chi connectivity index (χ2v) is 6.20. The van der Waals surface area contributed by atoms with Crippen LogP contribution in [0.3, 0.4) is 0 Å². The lowest BCUT2D eigenvalue weighted by Crippen LogP contribution is -2.16. The predicted octanol–water partition coefficient (Wildman–Crippen LogP) is 5.21. The van der Waals surface area contributed by atoms with Gasteiger partial charge in [-0.3, -0.25) is 4.79 Å². The molecule has 0 unspecified atom stereocenters. The molecule has 0 atom stereocenters. The molecule has 0 saturated heterocycles. The molecule has 1 amide bonds. The van der Waals surface area contributed by atoms with E-state index in [4.69, 9.17) is 32.7 Å². The van der Waals surface area contributed by atoms with E-state index in [9.17, 15) is 22.8 Å². The Balaban J connectivity index is 2.20. The number of ether oxygens (including phenoxy) is 2. The number of benzene rings is 2. The summed E-state index contributed by atoms with van der Waals surface area (Å²) in [5, 5.41) is 2.50. The lowest BCUT2D eigenvalue weighted by Gasteiger charge is -2.13. The number of amides is 1. The van der Waals surface area contributed by atoms with E-state index in [0.29, 0.717) is 0 Å². The third-order valence-electron chi connectivity index (χ3n) is 3.37. The molecule has 0 aliphatic heterocycles. The third-order valence-corrected chi connectivity index (χ3v) is 3.98. The summed E-state index contributed by atoms with van der Waals surface area (Å²) in [5.74, 6) is -1.40. The molecule has 0 bridgehead atoms. The molecular formula is C18H14Cl2F3NO4. The zero-order valence-electron chi connectivity index (χ0n) is 14.4. The van der Waals surface area contributed by atoms with E-state index in [1.54, 1.807) is 6.92 Å². The van der Waals surface area contributed by atoms with Gasteiger partial charge >= 0.3 is 12.1 Å². The molecule has 0 spiro atoms. The number of carbonyl (C=O) groups is 2. The average Bonchev–Trinajstić information content (AvgIpc) is 2.62. The van der Waals surface area contributed by atoms with Crippen molar-refractivity contribution in [2.75, 3.05) is 18.5 Å². The summed E-state index contributed by atoms with van der Waals surface area (Å²) >= 11 is 12.0. The van der Waals surface area contributed by atoms with Crippen LogP contribution in [-0.4, -0.2) is 25.1 Å². The summed E-state index contributed by atoms with van der Waals surface area (Å²) < 4.78 is 48.4. The van der Waals surface area contributed by atoms with Gasteiger partial charge in [0.2, 0.25) is 0 Å². The van der Waals surface area contributed by atoms with Gasteiger partial charge < -0.3 is 14.8 Å². The molecule has 5 nitrogen and oxygen atoms in total. The van der Waals surface area contributed by atoms with Gasteiger partial charge in [0.1, 0.15) is 5.75 Å². The number of hydrogen-bond acceptors (Lipinski definition) is 4. The van der Waals surface area contributed by atoms with Gasteiger partial charge in [0.05, 0.1) is 27.9 Å². The highest BCUT2D eigenvalue weighted by atomic mass is 35.5. The van der Waals surface area contributed by atoms with Gasteiger partial charge in [-0.15, -0.1) is 0 Å². The highest BCUT2D eigenvalue weighted by Gasteiger charge is 2.31. The van der Waals surface area contributed by atoms with E-state index >= 15 is 0 Å². The van der Waals surface area contributed by atoms with Crippen LogP contribution in [0.5, 0.6) is 5.75 Å². The monoisotopic (exact) mass is 435 g/mol. The highest BCUT2D eigenvalue weighted by molar-refractivity contribution is 6.37. The number of carbonyl (C=O) groups excluding carboxylic acids is 2. The first kappa shape index (κ1) is 21.8. The molecule has 2 rings (SSSR count). The third kappa shape index (κ3) is 5.77. The first-order valence-electron chi connectivity index (χ1n) is 7.88. The lowest BCUT2D eigenvalue weighted by molar-refractivity contribution is -0.145. The Morgan fingerprint density at radius 2 is 1.82 bits per heavy atom. The largest absolute Gasteiger partial charge is 0.480 e. The van der Waals surface area contributed by atoms with Crippen LogP contribution in [0.25, 0.3) is 0 Å². The van der Waals surface area contributed by atoms with Gasteiger partial charge in [-0.25, -0.2) is 4.79 Å². The van der Waals surface area contributed by atoms with E-state index < -0.39 is 30.2 Å². The van der Waals surface area contributed by atoms with Gasteiger partial charge in [0, 0.05) is 11.6 Å². The predicted molar refractivity (Wildman–Crippen MR) is 98.0 cm³/mol. The molecule has 0 aliphatic carbocycles. The topological polar surface area (TPSA) is 64.6 Å². The van der Waals surface area contributed by atoms with Crippen molar-refractivity contribution in [1.29, 1.82) is 0 Å². The Morgan fingerprint density at radius 1 is 1.11 bits per heavy atom. The van der Waals surface area contributed by atoms with Gasteiger partial charge in [-0.1, -0.05) is 29.3 Å². The summed E-state index contributed by atoms with van der Waals surface area (Å²) in [5.41, 5.74) is -1.12. The van der Waals surface area contributed by atoms with Gasteiger partial charge in [-0.2, -0.15) is 13.2 Å². The maximum Gasteiger partial charge on any atom is 0.416 e. The number of anilines is 1. The first-order valence-corrected chi connectivity index (χ1v) is 8.63. The summed E-state index contributed by atoms with van der Waals surface area (Å²) in [7, 11) is 0. The van der Waals surface area contributed by atoms with Crippen LogP contribution >= 0.6 is 23.2 Å². The Labute approximate surface area is 168 Å². The van der Waals surface area contributed by atoms with Crippen molar-refractivity contribution in [2.24, 2.45) is 0 Å². The molecule has 2 aromatic carbocycles. The van der Waals surface area contributed by atoms with Crippen molar-refractivity contribution < 1.29 is 32.2 Å². The average molecular weight is 436 g/mol. The molecule has 0 saturated carbocycles. The maximum absolute atomic E-state index is 12.8. The Hall–Kier alpha value is -2.45. The number of alkyl halides is 3. The molecule has 0 fully saturated rings. The fourth-order valence-corrected chi connectivity index (χ4v) is 2.59. The van der Waals surface area contributed by atoms with Crippen LogP contribution in [0.4, 0.5) is 18.9 Å². The molecule has 1 N–H and O–H groups in total. The Morgan fingerprint density at radius 3 is 2.46 bits per heavy atom. The number of rotatable bonds is 6. The number of halogens is 5. The molecule has 0 radical (unpaired) electrons. The van der Waals surface area contributed by atoms with Crippen LogP contribution in [0.1, 0.15) is 22.8 Å². The molecule has 0 heterocycles. The van der Waals surface area contributed by atoms with Crippen LogP contribution in [0, 0.1) is 0 Å². The smallest absolute Gasteiger partial charge is 0.416 e. The quantitative estimate of drug-likeness (QED) is 0.632. The second-order valence-electron chi connectivity index (χ2n) is 5.39. The van der Waals surface area contributed by atoms with Crippen LogP contribution in [-0.2, 0) is 15.7 Å². The van der Waals surface area contributed by atoms with E-state index in [1.165, 1.54) is 18.2 Å². The van der Waals surface area contributed by atoms with Crippen molar-refractivity contribution >= 4 is 40.8 Å². The van der Waals surface area contributed by atoms with E-state index in [2.05, 4.69) is 5.32 Å². The zero-order valence-corrected chi connectivity index (χ0v) is 15.9. The van der Waals surface area contributed by atoms with Crippen molar-refractivity contribution in [1.82, 2.24) is 0 Å². The van der Waals surface area contributed by atoms with Crippen LogP contribution < -0.4 is 10.1 Å². The molecule has 2 aromatic rings. The minimum Gasteiger partial charge on any atom is -0.480 e. The van der Waals surface area contributed by atoms with Gasteiger partial charge in [-0.05, 0) is 31.2 Å². The van der Waals surface area contributed by atoms with E-state index in [1.807, 2.05) is 0 Å². The summed E-state index contributed by atoms with van der Waals surface area (Å²) in [6.07, 6.45) is -4.58. The molecule has 0 aliphatic rings. The SMILES string of the molecule is CCOC(=O)COc1cc(NC(=O)c2cccc(C(F)(F)F)c2)c(Cl)cc1Cl. The molecule has 28 heavy (non-hydrogen) atoms. The Kier molecular flexibility index (Phi) is 7.15. The number of hydrogen-bond donors (Lipinski definition) is 1. The normalized spacial score (nSPS) is 11.1. The van der Waals surface area contributed by atoms with E-state index in [-0.39, 0.29) is 33.7 Å². The number of nitrogens with one attached hydrogen (secondary N) is 1. The molecule has 0 aromatic heterocycles. The van der Waals surface area contributed by atoms with Gasteiger partial charge in [0.25, 0.3) is 5.91 Å². The van der Waals surface area contributed by atoms with Crippen molar-refractivity contribution in [2.45, 2.75) is 13.1 Å². The minimum atomic E-state index is -4.58. The van der Waals surface area contributed by atoms with Crippen molar-refractivity contribution in [3.8, 4) is 5.75 Å². The molecule has 150 valence electrons. The Bertz CT molecular complexity index is 888. The van der Waals surface area contributed by atoms with Gasteiger partial charge in [0.15, 0.2) is 6.61 Å². The second kappa shape index (κ2) is 9.16.